The van der Waals surface area contributed by atoms with Crippen molar-refractivity contribution in [1.82, 2.24) is 0 Å². The number of para-hydroxylation sites is 1. The van der Waals surface area contributed by atoms with Crippen LogP contribution in [-0.4, -0.2) is 6.54 Å². The normalized spacial score (nSPS) is 10.3. The fourth-order valence-electron chi connectivity index (χ4n) is 1.94. The zero-order chi connectivity index (χ0) is 13.0. The molecule has 0 aliphatic heterocycles. The minimum Gasteiger partial charge on any atom is -0.398 e. The number of rotatable bonds is 4. The molecule has 0 bridgehead atoms. The Morgan fingerprint density at radius 3 is 2.44 bits per heavy atom. The summed E-state index contributed by atoms with van der Waals surface area (Å²) in [6, 6.07) is 16.0. The molecular weight excluding hydrogens is 244 g/mol. The number of nitrogen functional groups attached to an aromatic ring is 1. The first-order valence-corrected chi connectivity index (χ1v) is 6.42. The van der Waals surface area contributed by atoms with E-state index in [1.807, 2.05) is 30.3 Å². The molecule has 2 rings (SSSR count). The summed E-state index contributed by atoms with van der Waals surface area (Å²) in [6.45, 7) is 3.87. The van der Waals surface area contributed by atoms with Crippen molar-refractivity contribution in [2.45, 2.75) is 13.5 Å². The Kier molecular flexibility index (Phi) is 4.11. The van der Waals surface area contributed by atoms with Gasteiger partial charge in [0, 0.05) is 29.5 Å². The fourth-order valence-corrected chi connectivity index (χ4v) is 2.12. The van der Waals surface area contributed by atoms with Crippen LogP contribution in [0.4, 0.5) is 11.4 Å². The Morgan fingerprint density at radius 2 is 1.83 bits per heavy atom. The van der Waals surface area contributed by atoms with E-state index in [1.54, 1.807) is 6.07 Å². The van der Waals surface area contributed by atoms with E-state index in [9.17, 15) is 0 Å². The van der Waals surface area contributed by atoms with Gasteiger partial charge in [0.1, 0.15) is 0 Å². The van der Waals surface area contributed by atoms with Crippen LogP contribution in [0.25, 0.3) is 0 Å². The first-order valence-electron chi connectivity index (χ1n) is 6.04. The largest absolute Gasteiger partial charge is 0.398 e. The Morgan fingerprint density at radius 1 is 1.11 bits per heavy atom. The van der Waals surface area contributed by atoms with Gasteiger partial charge in [-0.25, -0.2) is 0 Å². The molecule has 18 heavy (non-hydrogen) atoms. The first kappa shape index (κ1) is 12.8. The lowest BCUT2D eigenvalue weighted by atomic mass is 10.1. The highest BCUT2D eigenvalue weighted by Crippen LogP contribution is 2.22. The summed E-state index contributed by atoms with van der Waals surface area (Å²) in [4.78, 5) is 2.28. The van der Waals surface area contributed by atoms with Gasteiger partial charge in [-0.2, -0.15) is 0 Å². The van der Waals surface area contributed by atoms with Crippen LogP contribution in [0.2, 0.25) is 5.02 Å². The molecule has 2 aromatic rings. The van der Waals surface area contributed by atoms with Crippen molar-refractivity contribution in [2.75, 3.05) is 17.2 Å². The van der Waals surface area contributed by atoms with Gasteiger partial charge in [-0.3, -0.25) is 0 Å². The van der Waals surface area contributed by atoms with Crippen LogP contribution in [-0.2, 0) is 6.54 Å². The third kappa shape index (κ3) is 2.96. The number of hydrogen-bond acceptors (Lipinski definition) is 2. The van der Waals surface area contributed by atoms with Crippen LogP contribution in [0.15, 0.2) is 48.5 Å². The molecule has 0 spiro atoms. The second-order valence-electron chi connectivity index (χ2n) is 4.19. The molecule has 0 fully saturated rings. The third-order valence-electron chi connectivity index (χ3n) is 2.97. The van der Waals surface area contributed by atoms with E-state index < -0.39 is 0 Å². The highest BCUT2D eigenvalue weighted by Gasteiger charge is 2.07. The quantitative estimate of drug-likeness (QED) is 0.844. The van der Waals surface area contributed by atoms with Crippen LogP contribution in [0.3, 0.4) is 0 Å². The molecular formula is C15H17ClN2. The zero-order valence-corrected chi connectivity index (χ0v) is 11.2. The molecule has 0 amide bonds. The topological polar surface area (TPSA) is 29.3 Å². The monoisotopic (exact) mass is 260 g/mol. The number of halogens is 1. The smallest absolute Gasteiger partial charge is 0.0449 e. The molecule has 0 radical (unpaired) electrons. The van der Waals surface area contributed by atoms with Crippen molar-refractivity contribution in [2.24, 2.45) is 0 Å². The molecule has 0 atom stereocenters. The summed E-state index contributed by atoms with van der Waals surface area (Å²) in [5.74, 6) is 0. The van der Waals surface area contributed by atoms with Gasteiger partial charge >= 0.3 is 0 Å². The minimum atomic E-state index is 0.680. The van der Waals surface area contributed by atoms with Crippen LogP contribution < -0.4 is 10.6 Å². The highest BCUT2D eigenvalue weighted by atomic mass is 35.5. The van der Waals surface area contributed by atoms with Crippen molar-refractivity contribution < 1.29 is 0 Å². The van der Waals surface area contributed by atoms with Gasteiger partial charge in [-0.15, -0.1) is 0 Å². The summed E-state index contributed by atoms with van der Waals surface area (Å²) < 4.78 is 0. The number of benzene rings is 2. The summed E-state index contributed by atoms with van der Waals surface area (Å²) in [5, 5.41) is 0.680. The molecule has 0 heterocycles. The van der Waals surface area contributed by atoms with Crippen LogP contribution in [0.1, 0.15) is 12.5 Å². The molecule has 0 saturated carbocycles. The average Bonchev–Trinajstić information content (AvgIpc) is 2.39. The van der Waals surface area contributed by atoms with E-state index in [-0.39, 0.29) is 0 Å². The summed E-state index contributed by atoms with van der Waals surface area (Å²) >= 11 is 5.91. The van der Waals surface area contributed by atoms with Gasteiger partial charge in [-0.1, -0.05) is 35.9 Å². The number of anilines is 2. The SMILES string of the molecule is CCN(Cc1ccc(Cl)cc1N)c1ccccc1. The highest BCUT2D eigenvalue weighted by molar-refractivity contribution is 6.30. The summed E-state index contributed by atoms with van der Waals surface area (Å²) in [5.41, 5.74) is 9.04. The Balaban J connectivity index is 2.21. The summed E-state index contributed by atoms with van der Waals surface area (Å²) in [6.07, 6.45) is 0. The molecule has 3 heteroatoms. The van der Waals surface area contributed by atoms with Gasteiger partial charge in [0.2, 0.25) is 0 Å². The third-order valence-corrected chi connectivity index (χ3v) is 3.21. The van der Waals surface area contributed by atoms with E-state index in [2.05, 4.69) is 24.0 Å². The maximum atomic E-state index is 5.99. The molecule has 94 valence electrons. The zero-order valence-electron chi connectivity index (χ0n) is 10.4. The number of nitrogens with two attached hydrogens (primary N) is 1. The lowest BCUT2D eigenvalue weighted by molar-refractivity contribution is 0.833. The van der Waals surface area contributed by atoms with Crippen molar-refractivity contribution in [3.63, 3.8) is 0 Å². The molecule has 2 nitrogen and oxygen atoms in total. The molecule has 0 aliphatic carbocycles. The standard InChI is InChI=1S/C15H17ClN2/c1-2-18(14-6-4-3-5-7-14)11-12-8-9-13(16)10-15(12)17/h3-10H,2,11,17H2,1H3. The summed E-state index contributed by atoms with van der Waals surface area (Å²) in [7, 11) is 0. The Labute approximate surface area is 113 Å². The number of nitrogens with zero attached hydrogens (tertiary/aromatic N) is 1. The van der Waals surface area contributed by atoms with Gasteiger partial charge < -0.3 is 10.6 Å². The van der Waals surface area contributed by atoms with Crippen molar-refractivity contribution in [3.8, 4) is 0 Å². The van der Waals surface area contributed by atoms with Gasteiger partial charge in [-0.05, 0) is 36.8 Å². The van der Waals surface area contributed by atoms with Crippen LogP contribution in [0, 0.1) is 0 Å². The minimum absolute atomic E-state index is 0.680. The Hall–Kier alpha value is -1.67. The number of hydrogen-bond donors (Lipinski definition) is 1. The van der Waals surface area contributed by atoms with E-state index in [0.717, 1.165) is 24.3 Å². The van der Waals surface area contributed by atoms with E-state index >= 15 is 0 Å². The van der Waals surface area contributed by atoms with Gasteiger partial charge in [0.25, 0.3) is 0 Å². The second-order valence-corrected chi connectivity index (χ2v) is 4.63. The maximum Gasteiger partial charge on any atom is 0.0449 e. The van der Waals surface area contributed by atoms with Gasteiger partial charge in [0.05, 0.1) is 0 Å². The van der Waals surface area contributed by atoms with Gasteiger partial charge in [0.15, 0.2) is 0 Å². The average molecular weight is 261 g/mol. The van der Waals surface area contributed by atoms with Crippen LogP contribution in [0.5, 0.6) is 0 Å². The predicted molar refractivity (Wildman–Crippen MR) is 79.0 cm³/mol. The van der Waals surface area contributed by atoms with E-state index in [4.69, 9.17) is 17.3 Å². The Bertz CT molecular complexity index is 511. The lowest BCUT2D eigenvalue weighted by Crippen LogP contribution is -2.22. The van der Waals surface area contributed by atoms with Crippen molar-refractivity contribution in [1.29, 1.82) is 0 Å². The van der Waals surface area contributed by atoms with Crippen molar-refractivity contribution in [3.05, 3.63) is 59.1 Å². The predicted octanol–water partition coefficient (Wildman–Crippen LogP) is 3.95. The molecule has 0 unspecified atom stereocenters. The van der Waals surface area contributed by atoms with Crippen molar-refractivity contribution >= 4 is 23.0 Å². The van der Waals surface area contributed by atoms with Crippen LogP contribution >= 0.6 is 11.6 Å². The van der Waals surface area contributed by atoms with E-state index in [1.165, 1.54) is 5.69 Å². The maximum absolute atomic E-state index is 5.99. The molecule has 0 aromatic heterocycles. The second kappa shape index (κ2) is 5.78. The molecule has 2 N–H and O–H groups in total. The fraction of sp³-hybridized carbons (Fsp3) is 0.200. The molecule has 2 aromatic carbocycles. The van der Waals surface area contributed by atoms with E-state index in [0.29, 0.717) is 5.02 Å². The molecule has 0 saturated heterocycles. The molecule has 0 aliphatic rings. The first-order chi connectivity index (χ1) is 8.70. The lowest BCUT2D eigenvalue weighted by Gasteiger charge is -2.24.